The lowest BCUT2D eigenvalue weighted by Crippen LogP contribution is -2.06. The van der Waals surface area contributed by atoms with Crippen molar-refractivity contribution in [2.24, 2.45) is 5.92 Å². The second-order valence-corrected chi connectivity index (χ2v) is 5.14. The summed E-state index contributed by atoms with van der Waals surface area (Å²) in [5.41, 5.74) is 2.61. The van der Waals surface area contributed by atoms with Gasteiger partial charge in [-0.15, -0.1) is 0 Å². The molecule has 0 saturated heterocycles. The maximum absolute atomic E-state index is 11.9. The largest absolute Gasteiger partial charge is 0.472 e. The molecule has 100 valence electrons. The number of rotatable bonds is 4. The molecule has 0 N–H and O–H groups in total. The van der Waals surface area contributed by atoms with E-state index < -0.39 is 0 Å². The van der Waals surface area contributed by atoms with Crippen molar-refractivity contribution in [3.05, 3.63) is 42.6 Å². The van der Waals surface area contributed by atoms with Crippen LogP contribution in [0.15, 0.2) is 41.2 Å². The molecule has 3 heterocycles. The van der Waals surface area contributed by atoms with Crippen molar-refractivity contribution >= 4 is 11.4 Å². The average molecular weight is 267 g/mol. The normalized spacial score (nSPS) is 14.8. The van der Waals surface area contributed by atoms with E-state index in [-0.39, 0.29) is 11.7 Å². The van der Waals surface area contributed by atoms with E-state index in [1.54, 1.807) is 17.0 Å². The molecule has 0 aromatic carbocycles. The van der Waals surface area contributed by atoms with E-state index in [4.69, 9.17) is 4.42 Å². The van der Waals surface area contributed by atoms with E-state index in [1.807, 2.05) is 24.3 Å². The minimum absolute atomic E-state index is 0.245. The molecule has 5 nitrogen and oxygen atoms in total. The Kier molecular flexibility index (Phi) is 2.45. The molecule has 5 heteroatoms. The second-order valence-electron chi connectivity index (χ2n) is 5.14. The standard InChI is InChI=1S/C15H13N3O2/c19-13(10-4-5-10)8-14-16-15-3-1-2-12(18(15)17-14)11-6-7-20-9-11/h1-3,6-7,9-10H,4-5,8H2. The summed E-state index contributed by atoms with van der Waals surface area (Å²) < 4.78 is 6.88. The molecule has 0 radical (unpaired) electrons. The third-order valence-corrected chi connectivity index (χ3v) is 3.59. The molecule has 3 aromatic rings. The SMILES string of the molecule is O=C(Cc1nc2cccc(-c3ccoc3)n2n1)C1CC1. The van der Waals surface area contributed by atoms with Gasteiger partial charge >= 0.3 is 0 Å². The third kappa shape index (κ3) is 1.91. The van der Waals surface area contributed by atoms with Gasteiger partial charge in [0.15, 0.2) is 11.5 Å². The minimum atomic E-state index is 0.245. The van der Waals surface area contributed by atoms with Gasteiger partial charge in [0.05, 0.1) is 24.6 Å². The van der Waals surface area contributed by atoms with E-state index >= 15 is 0 Å². The molecule has 1 saturated carbocycles. The molecule has 1 fully saturated rings. The lowest BCUT2D eigenvalue weighted by molar-refractivity contribution is -0.119. The highest BCUT2D eigenvalue weighted by molar-refractivity contribution is 5.84. The van der Waals surface area contributed by atoms with E-state index in [9.17, 15) is 4.79 Å². The van der Waals surface area contributed by atoms with Crippen LogP contribution in [0.2, 0.25) is 0 Å². The first kappa shape index (κ1) is 11.4. The Morgan fingerprint density at radius 1 is 1.35 bits per heavy atom. The number of furan rings is 1. The Hall–Kier alpha value is -2.43. The van der Waals surface area contributed by atoms with Crippen LogP contribution >= 0.6 is 0 Å². The second kappa shape index (κ2) is 4.30. The molecule has 0 atom stereocenters. The third-order valence-electron chi connectivity index (χ3n) is 3.59. The average Bonchev–Trinajstić information content (AvgIpc) is 3.00. The zero-order valence-electron chi connectivity index (χ0n) is 10.8. The molecule has 0 spiro atoms. The summed E-state index contributed by atoms with van der Waals surface area (Å²) in [7, 11) is 0. The van der Waals surface area contributed by atoms with Crippen molar-refractivity contribution in [3.8, 4) is 11.3 Å². The first-order chi connectivity index (χ1) is 9.81. The highest BCUT2D eigenvalue weighted by atomic mass is 16.3. The molecule has 4 rings (SSSR count). The summed E-state index contributed by atoms with van der Waals surface area (Å²) in [5.74, 6) is 1.10. The summed E-state index contributed by atoms with van der Waals surface area (Å²) in [4.78, 5) is 16.3. The van der Waals surface area contributed by atoms with Crippen molar-refractivity contribution in [2.75, 3.05) is 0 Å². The molecule has 1 aliphatic carbocycles. The Morgan fingerprint density at radius 2 is 2.25 bits per heavy atom. The molecule has 3 aromatic heterocycles. The lowest BCUT2D eigenvalue weighted by Gasteiger charge is -1.99. The number of hydrogen-bond acceptors (Lipinski definition) is 4. The van der Waals surface area contributed by atoms with Crippen LogP contribution in [0.5, 0.6) is 0 Å². The van der Waals surface area contributed by atoms with Crippen molar-refractivity contribution in [2.45, 2.75) is 19.3 Å². The maximum atomic E-state index is 11.9. The van der Waals surface area contributed by atoms with Crippen molar-refractivity contribution < 1.29 is 9.21 Å². The Morgan fingerprint density at radius 3 is 3.00 bits per heavy atom. The van der Waals surface area contributed by atoms with Gasteiger partial charge in [-0.25, -0.2) is 9.50 Å². The lowest BCUT2D eigenvalue weighted by atomic mass is 10.2. The number of aromatic nitrogens is 3. The topological polar surface area (TPSA) is 60.4 Å². The van der Waals surface area contributed by atoms with Gasteiger partial charge in [-0.3, -0.25) is 4.79 Å². The van der Waals surface area contributed by atoms with Gasteiger partial charge in [0.25, 0.3) is 0 Å². The highest BCUT2D eigenvalue weighted by Gasteiger charge is 2.30. The van der Waals surface area contributed by atoms with Crippen LogP contribution in [0.3, 0.4) is 0 Å². The van der Waals surface area contributed by atoms with Gasteiger partial charge < -0.3 is 4.42 Å². The number of fused-ring (bicyclic) bond motifs is 1. The van der Waals surface area contributed by atoms with Crippen LogP contribution in [0.1, 0.15) is 18.7 Å². The number of carbonyl (C=O) groups excluding carboxylic acids is 1. The Labute approximate surface area is 115 Å². The number of nitrogens with zero attached hydrogens (tertiary/aromatic N) is 3. The van der Waals surface area contributed by atoms with E-state index in [1.165, 1.54) is 0 Å². The number of pyridine rings is 1. The Bertz CT molecular complexity index is 770. The fraction of sp³-hybridized carbons (Fsp3) is 0.267. The molecule has 0 unspecified atom stereocenters. The van der Waals surface area contributed by atoms with E-state index in [2.05, 4.69) is 10.1 Å². The van der Waals surface area contributed by atoms with Gasteiger partial charge in [-0.05, 0) is 31.0 Å². The first-order valence-corrected chi connectivity index (χ1v) is 6.71. The van der Waals surface area contributed by atoms with Gasteiger partial charge in [0.2, 0.25) is 0 Å². The van der Waals surface area contributed by atoms with Gasteiger partial charge in [-0.2, -0.15) is 5.10 Å². The number of carbonyl (C=O) groups is 1. The molecule has 0 aliphatic heterocycles. The van der Waals surface area contributed by atoms with Crippen LogP contribution in [0, 0.1) is 5.92 Å². The van der Waals surface area contributed by atoms with Crippen LogP contribution in [-0.4, -0.2) is 20.4 Å². The van der Waals surface area contributed by atoms with Crippen LogP contribution in [-0.2, 0) is 11.2 Å². The summed E-state index contributed by atoms with van der Waals surface area (Å²) in [6, 6.07) is 7.66. The zero-order valence-corrected chi connectivity index (χ0v) is 10.8. The molecule has 1 aliphatic rings. The number of Topliss-reactive ketones (excluding diaryl/α,β-unsaturated/α-hetero) is 1. The number of ketones is 1. The van der Waals surface area contributed by atoms with Crippen molar-refractivity contribution in [3.63, 3.8) is 0 Å². The smallest absolute Gasteiger partial charge is 0.159 e. The Balaban J connectivity index is 1.75. The minimum Gasteiger partial charge on any atom is -0.472 e. The molecule has 0 bridgehead atoms. The summed E-state index contributed by atoms with van der Waals surface area (Å²) in [6.07, 6.45) is 5.67. The van der Waals surface area contributed by atoms with Gasteiger partial charge in [0, 0.05) is 11.5 Å². The fourth-order valence-electron chi connectivity index (χ4n) is 2.36. The highest BCUT2D eigenvalue weighted by Crippen LogP contribution is 2.30. The molecular weight excluding hydrogens is 254 g/mol. The quantitative estimate of drug-likeness (QED) is 0.728. The molecule has 0 amide bonds. The monoisotopic (exact) mass is 267 g/mol. The predicted molar refractivity (Wildman–Crippen MR) is 72.1 cm³/mol. The number of hydrogen-bond donors (Lipinski definition) is 0. The summed E-state index contributed by atoms with van der Waals surface area (Å²) >= 11 is 0. The molecular formula is C15H13N3O2. The van der Waals surface area contributed by atoms with Crippen molar-refractivity contribution in [1.29, 1.82) is 0 Å². The fourth-order valence-corrected chi connectivity index (χ4v) is 2.36. The van der Waals surface area contributed by atoms with Gasteiger partial charge in [0.1, 0.15) is 5.78 Å². The van der Waals surface area contributed by atoms with Crippen LogP contribution in [0.4, 0.5) is 0 Å². The maximum Gasteiger partial charge on any atom is 0.159 e. The van der Waals surface area contributed by atoms with E-state index in [0.29, 0.717) is 12.2 Å². The van der Waals surface area contributed by atoms with E-state index in [0.717, 1.165) is 29.7 Å². The summed E-state index contributed by atoms with van der Waals surface area (Å²) in [5, 5.41) is 4.46. The van der Waals surface area contributed by atoms with Gasteiger partial charge in [-0.1, -0.05) is 6.07 Å². The van der Waals surface area contributed by atoms with Crippen LogP contribution < -0.4 is 0 Å². The van der Waals surface area contributed by atoms with Crippen LogP contribution in [0.25, 0.3) is 16.9 Å². The summed E-state index contributed by atoms with van der Waals surface area (Å²) in [6.45, 7) is 0. The predicted octanol–water partition coefficient (Wildman–Crippen LogP) is 2.51. The van der Waals surface area contributed by atoms with Crippen molar-refractivity contribution in [1.82, 2.24) is 14.6 Å². The zero-order chi connectivity index (χ0) is 13.5. The first-order valence-electron chi connectivity index (χ1n) is 6.71. The molecule has 20 heavy (non-hydrogen) atoms.